The maximum atomic E-state index is 10.8. The maximum Gasteiger partial charge on any atom is 0.316 e. The van der Waals surface area contributed by atoms with Crippen molar-refractivity contribution in [3.05, 3.63) is 29.6 Å². The van der Waals surface area contributed by atoms with Gasteiger partial charge >= 0.3 is 5.97 Å². The van der Waals surface area contributed by atoms with Crippen LogP contribution in [0.3, 0.4) is 0 Å². The summed E-state index contributed by atoms with van der Waals surface area (Å²) in [7, 11) is 0. The summed E-state index contributed by atoms with van der Waals surface area (Å²) in [6.45, 7) is 1.66. The highest BCUT2D eigenvalue weighted by molar-refractivity contribution is 8.02. The average molecular weight is 322 g/mol. The van der Waals surface area contributed by atoms with E-state index in [1.807, 2.05) is 29.6 Å². The van der Waals surface area contributed by atoms with E-state index in [-0.39, 0.29) is 0 Å². The number of hydrogen-bond donors (Lipinski definition) is 1. The fourth-order valence-electron chi connectivity index (χ4n) is 1.59. The number of fused-ring (bicyclic) bond motifs is 1. The van der Waals surface area contributed by atoms with Crippen molar-refractivity contribution in [3.63, 3.8) is 0 Å². The van der Waals surface area contributed by atoms with Gasteiger partial charge in [0, 0.05) is 5.38 Å². The molecule has 0 aliphatic heterocycles. The molecule has 1 atom stereocenters. The number of para-hydroxylation sites is 1. The molecule has 0 spiro atoms. The van der Waals surface area contributed by atoms with Gasteiger partial charge in [-0.2, -0.15) is 0 Å². The van der Waals surface area contributed by atoms with Crippen LogP contribution in [0.4, 0.5) is 0 Å². The molecular formula is C13H10N2O2S3. The SMILES string of the molecule is CC(Sc1nc(-c2nc3ccccc3s2)cs1)C(=O)O. The molecule has 0 bridgehead atoms. The summed E-state index contributed by atoms with van der Waals surface area (Å²) in [5.41, 5.74) is 1.78. The van der Waals surface area contributed by atoms with E-state index >= 15 is 0 Å². The minimum Gasteiger partial charge on any atom is -0.480 e. The van der Waals surface area contributed by atoms with Gasteiger partial charge in [-0.15, -0.1) is 22.7 Å². The molecule has 0 amide bonds. The van der Waals surface area contributed by atoms with E-state index in [0.29, 0.717) is 0 Å². The lowest BCUT2D eigenvalue weighted by Gasteiger charge is -2.00. The summed E-state index contributed by atoms with van der Waals surface area (Å²) in [6.07, 6.45) is 0. The molecule has 4 nitrogen and oxygen atoms in total. The lowest BCUT2D eigenvalue weighted by Crippen LogP contribution is -2.10. The van der Waals surface area contributed by atoms with Gasteiger partial charge in [-0.3, -0.25) is 4.79 Å². The number of thiazole rings is 2. The first-order chi connectivity index (χ1) is 9.63. The molecule has 0 aliphatic rings. The Bertz CT molecular complexity index is 733. The Morgan fingerprint density at radius 1 is 1.35 bits per heavy atom. The van der Waals surface area contributed by atoms with Crippen LogP contribution in [0.1, 0.15) is 6.92 Å². The van der Waals surface area contributed by atoms with Crippen LogP contribution in [-0.2, 0) is 4.79 Å². The fraction of sp³-hybridized carbons (Fsp3) is 0.154. The third kappa shape index (κ3) is 2.70. The molecule has 1 N–H and O–H groups in total. The number of aliphatic carboxylic acids is 1. The van der Waals surface area contributed by atoms with Crippen molar-refractivity contribution >= 4 is 50.6 Å². The van der Waals surface area contributed by atoms with Crippen molar-refractivity contribution in [2.24, 2.45) is 0 Å². The molecule has 102 valence electrons. The van der Waals surface area contributed by atoms with Gasteiger partial charge in [-0.05, 0) is 19.1 Å². The Morgan fingerprint density at radius 2 is 2.15 bits per heavy atom. The first-order valence-electron chi connectivity index (χ1n) is 5.84. The predicted octanol–water partition coefficient (Wildman–Crippen LogP) is 3.99. The van der Waals surface area contributed by atoms with E-state index < -0.39 is 11.2 Å². The van der Waals surface area contributed by atoms with Crippen LogP contribution < -0.4 is 0 Å². The molecule has 3 aromatic rings. The molecule has 0 aliphatic carbocycles. The average Bonchev–Trinajstić information content (AvgIpc) is 3.03. The third-order valence-electron chi connectivity index (χ3n) is 2.62. The molecule has 0 saturated heterocycles. The summed E-state index contributed by atoms with van der Waals surface area (Å²) in [5.74, 6) is -0.827. The first-order valence-corrected chi connectivity index (χ1v) is 8.42. The predicted molar refractivity (Wildman–Crippen MR) is 83.7 cm³/mol. The van der Waals surface area contributed by atoms with E-state index in [1.165, 1.54) is 23.1 Å². The quantitative estimate of drug-likeness (QED) is 0.736. The number of thioether (sulfide) groups is 1. The molecule has 1 unspecified atom stereocenters. The van der Waals surface area contributed by atoms with Crippen molar-refractivity contribution in [3.8, 4) is 10.7 Å². The summed E-state index contributed by atoms with van der Waals surface area (Å²) in [4.78, 5) is 19.9. The molecule has 1 aromatic carbocycles. The Hall–Kier alpha value is -1.44. The van der Waals surface area contributed by atoms with Gasteiger partial charge in [0.25, 0.3) is 0 Å². The van der Waals surface area contributed by atoms with Crippen LogP contribution in [0.25, 0.3) is 20.9 Å². The van der Waals surface area contributed by atoms with Crippen molar-refractivity contribution in [2.75, 3.05) is 0 Å². The highest BCUT2D eigenvalue weighted by Crippen LogP contribution is 2.34. The molecular weight excluding hydrogens is 312 g/mol. The van der Waals surface area contributed by atoms with Gasteiger partial charge < -0.3 is 5.11 Å². The van der Waals surface area contributed by atoms with E-state index in [4.69, 9.17) is 5.11 Å². The molecule has 7 heteroatoms. The van der Waals surface area contributed by atoms with Crippen molar-refractivity contribution in [2.45, 2.75) is 16.5 Å². The molecule has 2 heterocycles. The Kier molecular flexibility index (Phi) is 3.73. The van der Waals surface area contributed by atoms with Gasteiger partial charge in [-0.1, -0.05) is 23.9 Å². The second-order valence-corrected chi connectivity index (χ2v) is 7.56. The van der Waals surface area contributed by atoms with E-state index in [0.717, 1.165) is 25.3 Å². The van der Waals surface area contributed by atoms with Gasteiger partial charge in [-0.25, -0.2) is 9.97 Å². The van der Waals surface area contributed by atoms with Crippen molar-refractivity contribution in [1.82, 2.24) is 9.97 Å². The second-order valence-electron chi connectivity index (χ2n) is 4.08. The molecule has 2 aromatic heterocycles. The normalized spacial score (nSPS) is 12.7. The zero-order valence-electron chi connectivity index (χ0n) is 10.4. The van der Waals surface area contributed by atoms with Gasteiger partial charge in [0.05, 0.1) is 10.2 Å². The van der Waals surface area contributed by atoms with Gasteiger partial charge in [0.15, 0.2) is 4.34 Å². The monoisotopic (exact) mass is 322 g/mol. The van der Waals surface area contributed by atoms with Crippen LogP contribution in [0.5, 0.6) is 0 Å². The molecule has 0 fully saturated rings. The standard InChI is InChI=1S/C13H10N2O2S3/c1-7(12(16)17)19-13-15-9(6-18-13)11-14-8-4-2-3-5-10(8)20-11/h2-7H,1H3,(H,16,17). The zero-order valence-corrected chi connectivity index (χ0v) is 12.9. The Balaban J connectivity index is 1.87. The van der Waals surface area contributed by atoms with E-state index in [1.54, 1.807) is 18.3 Å². The lowest BCUT2D eigenvalue weighted by atomic mass is 10.3. The smallest absolute Gasteiger partial charge is 0.316 e. The van der Waals surface area contributed by atoms with Crippen molar-refractivity contribution < 1.29 is 9.90 Å². The van der Waals surface area contributed by atoms with Gasteiger partial charge in [0.1, 0.15) is 16.0 Å². The summed E-state index contributed by atoms with van der Waals surface area (Å²) in [5, 5.41) is 11.2. The minimum absolute atomic E-state index is 0.496. The van der Waals surface area contributed by atoms with Crippen LogP contribution in [0.2, 0.25) is 0 Å². The van der Waals surface area contributed by atoms with E-state index in [2.05, 4.69) is 9.97 Å². The van der Waals surface area contributed by atoms with Crippen molar-refractivity contribution in [1.29, 1.82) is 0 Å². The molecule has 0 radical (unpaired) electrons. The number of rotatable bonds is 4. The summed E-state index contributed by atoms with van der Waals surface area (Å²) < 4.78 is 1.89. The van der Waals surface area contributed by atoms with Crippen LogP contribution in [0, 0.1) is 0 Å². The number of benzene rings is 1. The van der Waals surface area contributed by atoms with E-state index in [9.17, 15) is 4.79 Å². The summed E-state index contributed by atoms with van der Waals surface area (Å²) in [6, 6.07) is 7.96. The molecule has 20 heavy (non-hydrogen) atoms. The van der Waals surface area contributed by atoms with Crippen LogP contribution in [0.15, 0.2) is 34.0 Å². The largest absolute Gasteiger partial charge is 0.480 e. The maximum absolute atomic E-state index is 10.8. The number of carbonyl (C=O) groups is 1. The third-order valence-corrected chi connectivity index (χ3v) is 5.74. The zero-order chi connectivity index (χ0) is 14.1. The van der Waals surface area contributed by atoms with Crippen LogP contribution >= 0.6 is 34.4 Å². The lowest BCUT2D eigenvalue weighted by molar-refractivity contribution is -0.136. The Labute approximate surface area is 127 Å². The number of hydrogen-bond acceptors (Lipinski definition) is 6. The summed E-state index contributed by atoms with van der Waals surface area (Å²) >= 11 is 4.31. The highest BCUT2D eigenvalue weighted by atomic mass is 32.2. The fourth-order valence-corrected chi connectivity index (χ4v) is 4.48. The number of carboxylic acids is 1. The first kappa shape index (κ1) is 13.5. The minimum atomic E-state index is -0.827. The number of aromatic nitrogens is 2. The number of carboxylic acid groups (broad SMARTS) is 1. The Morgan fingerprint density at radius 3 is 2.90 bits per heavy atom. The number of nitrogens with zero attached hydrogens (tertiary/aromatic N) is 2. The highest BCUT2D eigenvalue weighted by Gasteiger charge is 2.16. The molecule has 0 saturated carbocycles. The molecule has 3 rings (SSSR count). The second kappa shape index (κ2) is 5.51. The van der Waals surface area contributed by atoms with Crippen LogP contribution in [-0.4, -0.2) is 26.3 Å². The van der Waals surface area contributed by atoms with Gasteiger partial charge in [0.2, 0.25) is 0 Å². The topological polar surface area (TPSA) is 63.1 Å².